The second kappa shape index (κ2) is 9.38. The molecule has 168 valence electrons. The van der Waals surface area contributed by atoms with E-state index in [0.29, 0.717) is 13.1 Å². The van der Waals surface area contributed by atoms with Gasteiger partial charge in [-0.2, -0.15) is 0 Å². The Morgan fingerprint density at radius 1 is 1.00 bits per heavy atom. The molecule has 0 aliphatic carbocycles. The van der Waals surface area contributed by atoms with E-state index in [4.69, 9.17) is 9.47 Å². The van der Waals surface area contributed by atoms with Gasteiger partial charge in [-0.15, -0.1) is 0 Å². The van der Waals surface area contributed by atoms with Crippen LogP contribution in [0.5, 0.6) is 11.5 Å². The fourth-order valence-electron chi connectivity index (χ4n) is 4.26. The van der Waals surface area contributed by atoms with Crippen LogP contribution in [0.1, 0.15) is 29.5 Å². The minimum Gasteiger partial charge on any atom is -0.454 e. The Morgan fingerprint density at radius 3 is 2.67 bits per heavy atom. The van der Waals surface area contributed by atoms with Gasteiger partial charge in [0.2, 0.25) is 12.7 Å². The third kappa shape index (κ3) is 4.56. The highest BCUT2D eigenvalue weighted by Crippen LogP contribution is 2.32. The molecule has 3 N–H and O–H groups in total. The second-order valence-corrected chi connectivity index (χ2v) is 8.29. The molecular formula is C27H27N3O3. The van der Waals surface area contributed by atoms with E-state index < -0.39 is 0 Å². The number of hydrogen-bond acceptors (Lipinski definition) is 4. The van der Waals surface area contributed by atoms with Gasteiger partial charge in [-0.05, 0) is 41.8 Å². The molecule has 1 aromatic heterocycles. The number of aromatic nitrogens is 1. The molecule has 1 aliphatic rings. The maximum Gasteiger partial charge on any atom is 0.237 e. The lowest BCUT2D eigenvalue weighted by atomic mass is 9.90. The Labute approximate surface area is 192 Å². The van der Waals surface area contributed by atoms with Gasteiger partial charge in [0, 0.05) is 36.1 Å². The first kappa shape index (κ1) is 21.1. The van der Waals surface area contributed by atoms with Crippen LogP contribution in [0.2, 0.25) is 0 Å². The van der Waals surface area contributed by atoms with Crippen LogP contribution >= 0.6 is 0 Å². The van der Waals surface area contributed by atoms with Crippen LogP contribution in [0.3, 0.4) is 0 Å². The SMILES string of the molecule is C[C@H](NC[C@H](c1ccccc1)c1c[nH]c2ccccc12)C(=O)NCc1ccc2c(c1)OCO2. The zero-order chi connectivity index (χ0) is 22.6. The van der Waals surface area contributed by atoms with Crippen molar-refractivity contribution in [3.8, 4) is 11.5 Å². The number of carbonyl (C=O) groups is 1. The normalized spacial score (nSPS) is 14.2. The Hall–Kier alpha value is -3.77. The molecule has 2 atom stereocenters. The summed E-state index contributed by atoms with van der Waals surface area (Å²) >= 11 is 0. The van der Waals surface area contributed by atoms with Crippen molar-refractivity contribution in [2.75, 3.05) is 13.3 Å². The number of amides is 1. The predicted octanol–water partition coefficient (Wildman–Crippen LogP) is 4.32. The van der Waals surface area contributed by atoms with E-state index in [1.54, 1.807) is 0 Å². The van der Waals surface area contributed by atoms with Crippen LogP contribution in [0, 0.1) is 0 Å². The minimum absolute atomic E-state index is 0.0431. The van der Waals surface area contributed by atoms with E-state index in [2.05, 4.69) is 64.3 Å². The van der Waals surface area contributed by atoms with Crippen LogP contribution in [0.25, 0.3) is 10.9 Å². The van der Waals surface area contributed by atoms with Crippen molar-refractivity contribution in [2.24, 2.45) is 0 Å². The molecule has 5 rings (SSSR count). The molecular weight excluding hydrogens is 414 g/mol. The molecule has 0 bridgehead atoms. The minimum atomic E-state index is -0.338. The summed E-state index contributed by atoms with van der Waals surface area (Å²) in [5.41, 5.74) is 4.52. The number of nitrogens with one attached hydrogen (secondary N) is 3. The molecule has 0 saturated heterocycles. The second-order valence-electron chi connectivity index (χ2n) is 8.29. The summed E-state index contributed by atoms with van der Waals surface area (Å²) in [6.07, 6.45) is 2.08. The predicted molar refractivity (Wildman–Crippen MR) is 128 cm³/mol. The monoisotopic (exact) mass is 441 g/mol. The summed E-state index contributed by atoms with van der Waals surface area (Å²) in [6.45, 7) is 3.22. The lowest BCUT2D eigenvalue weighted by Gasteiger charge is -2.21. The van der Waals surface area contributed by atoms with Crippen LogP contribution in [0.4, 0.5) is 0 Å². The van der Waals surface area contributed by atoms with Crippen molar-refractivity contribution in [3.63, 3.8) is 0 Å². The molecule has 6 nitrogen and oxygen atoms in total. The highest BCUT2D eigenvalue weighted by molar-refractivity contribution is 5.84. The molecule has 0 saturated carbocycles. The highest BCUT2D eigenvalue weighted by Gasteiger charge is 2.21. The topological polar surface area (TPSA) is 75.4 Å². The standard InChI is InChI=1S/C27H27N3O3/c1-18(27(31)30-14-19-11-12-25-26(13-19)33-17-32-25)28-15-22(20-7-3-2-4-8-20)23-16-29-24-10-6-5-9-21(23)24/h2-13,16,18,22,28-29H,14-15,17H2,1H3,(H,30,31)/t18-,22+/m0/s1. The van der Waals surface area contributed by atoms with Crippen LogP contribution in [0.15, 0.2) is 79.0 Å². The smallest absolute Gasteiger partial charge is 0.237 e. The third-order valence-electron chi connectivity index (χ3n) is 6.12. The van der Waals surface area contributed by atoms with Gasteiger partial charge in [0.05, 0.1) is 6.04 Å². The Morgan fingerprint density at radius 2 is 1.79 bits per heavy atom. The van der Waals surface area contributed by atoms with E-state index in [1.807, 2.05) is 37.3 Å². The molecule has 4 aromatic rings. The first-order valence-electron chi connectivity index (χ1n) is 11.2. The maximum atomic E-state index is 12.8. The van der Waals surface area contributed by atoms with Gasteiger partial charge in [0.1, 0.15) is 0 Å². The molecule has 6 heteroatoms. The number of ether oxygens (including phenoxy) is 2. The van der Waals surface area contributed by atoms with Gasteiger partial charge in [0.15, 0.2) is 11.5 Å². The van der Waals surface area contributed by atoms with Crippen LogP contribution in [-0.2, 0) is 11.3 Å². The fraction of sp³-hybridized carbons (Fsp3) is 0.222. The lowest BCUT2D eigenvalue weighted by Crippen LogP contribution is -2.43. The largest absolute Gasteiger partial charge is 0.454 e. The van der Waals surface area contributed by atoms with E-state index >= 15 is 0 Å². The molecule has 2 heterocycles. The summed E-state index contributed by atoms with van der Waals surface area (Å²) < 4.78 is 10.8. The van der Waals surface area contributed by atoms with Gasteiger partial charge >= 0.3 is 0 Å². The number of hydrogen-bond donors (Lipinski definition) is 3. The summed E-state index contributed by atoms with van der Waals surface area (Å²) in [6, 6.07) is 24.1. The fourth-order valence-corrected chi connectivity index (χ4v) is 4.26. The van der Waals surface area contributed by atoms with Gasteiger partial charge in [-0.1, -0.05) is 54.6 Å². The first-order chi connectivity index (χ1) is 16.2. The number of H-pyrrole nitrogens is 1. The maximum absolute atomic E-state index is 12.8. The van der Waals surface area contributed by atoms with Gasteiger partial charge < -0.3 is 25.1 Å². The number of para-hydroxylation sites is 1. The third-order valence-corrected chi connectivity index (χ3v) is 6.12. The summed E-state index contributed by atoms with van der Waals surface area (Å²) in [5, 5.41) is 7.66. The zero-order valence-corrected chi connectivity index (χ0v) is 18.5. The van der Waals surface area contributed by atoms with Crippen LogP contribution in [-0.4, -0.2) is 30.3 Å². The average Bonchev–Trinajstić information content (AvgIpc) is 3.50. The molecule has 33 heavy (non-hydrogen) atoms. The number of rotatable bonds is 8. The number of carbonyl (C=O) groups excluding carboxylic acids is 1. The van der Waals surface area contributed by atoms with Gasteiger partial charge in [-0.25, -0.2) is 0 Å². The Balaban J connectivity index is 1.25. The van der Waals surface area contributed by atoms with Crippen molar-refractivity contribution >= 4 is 16.8 Å². The van der Waals surface area contributed by atoms with Crippen molar-refractivity contribution in [2.45, 2.75) is 25.4 Å². The van der Waals surface area contributed by atoms with Crippen molar-refractivity contribution in [1.29, 1.82) is 0 Å². The molecule has 0 fully saturated rings. The number of aromatic amines is 1. The number of fused-ring (bicyclic) bond motifs is 2. The Bertz CT molecular complexity index is 1250. The van der Waals surface area contributed by atoms with E-state index in [-0.39, 0.29) is 24.7 Å². The Kier molecular flexibility index (Phi) is 6.00. The quantitative estimate of drug-likeness (QED) is 0.381. The molecule has 1 amide bonds. The zero-order valence-electron chi connectivity index (χ0n) is 18.5. The average molecular weight is 442 g/mol. The first-order valence-corrected chi connectivity index (χ1v) is 11.2. The highest BCUT2D eigenvalue weighted by atomic mass is 16.7. The molecule has 1 aliphatic heterocycles. The summed E-state index contributed by atoms with van der Waals surface area (Å²) in [7, 11) is 0. The van der Waals surface area contributed by atoms with E-state index in [1.165, 1.54) is 16.5 Å². The van der Waals surface area contributed by atoms with Crippen molar-refractivity contribution in [1.82, 2.24) is 15.6 Å². The van der Waals surface area contributed by atoms with Gasteiger partial charge in [-0.3, -0.25) is 4.79 Å². The molecule has 0 spiro atoms. The molecule has 3 aromatic carbocycles. The van der Waals surface area contributed by atoms with E-state index in [9.17, 15) is 4.79 Å². The lowest BCUT2D eigenvalue weighted by molar-refractivity contribution is -0.122. The molecule has 0 radical (unpaired) electrons. The van der Waals surface area contributed by atoms with Crippen LogP contribution < -0.4 is 20.1 Å². The van der Waals surface area contributed by atoms with Crippen molar-refractivity contribution in [3.05, 3.63) is 95.7 Å². The van der Waals surface area contributed by atoms with E-state index in [0.717, 1.165) is 22.6 Å². The number of benzene rings is 3. The molecule has 0 unspecified atom stereocenters. The van der Waals surface area contributed by atoms with Crippen molar-refractivity contribution < 1.29 is 14.3 Å². The summed E-state index contributed by atoms with van der Waals surface area (Å²) in [4.78, 5) is 16.1. The van der Waals surface area contributed by atoms with Gasteiger partial charge in [0.25, 0.3) is 0 Å². The summed E-state index contributed by atoms with van der Waals surface area (Å²) in [5.74, 6) is 1.53.